The van der Waals surface area contributed by atoms with Crippen molar-refractivity contribution < 1.29 is 9.59 Å². The summed E-state index contributed by atoms with van der Waals surface area (Å²) in [5.74, 6) is -0.0988. The maximum atomic E-state index is 13.5. The number of aryl methyl sites for hydroxylation is 1. The molecule has 192 valence electrons. The zero-order valence-corrected chi connectivity index (χ0v) is 22.5. The molecule has 2 aromatic heterocycles. The second-order valence-electron chi connectivity index (χ2n) is 10.1. The maximum absolute atomic E-state index is 13.5. The van der Waals surface area contributed by atoms with Gasteiger partial charge in [-0.2, -0.15) is 0 Å². The van der Waals surface area contributed by atoms with Crippen LogP contribution in [-0.2, 0) is 17.4 Å². The number of carbonyl (C=O) groups excluding carboxylic acids is 2. The molecule has 0 saturated carbocycles. The van der Waals surface area contributed by atoms with Gasteiger partial charge in [-0.05, 0) is 67.5 Å². The molecule has 1 fully saturated rings. The van der Waals surface area contributed by atoms with Crippen molar-refractivity contribution in [2.75, 3.05) is 27.2 Å². The fraction of sp³-hybridized carbons (Fsp3) is 0.333. The maximum Gasteiger partial charge on any atom is 0.251 e. The first kappa shape index (κ1) is 25.2. The van der Waals surface area contributed by atoms with E-state index in [0.717, 1.165) is 29.3 Å². The molecule has 37 heavy (non-hydrogen) atoms. The number of piperidine rings is 1. The smallest absolute Gasteiger partial charge is 0.251 e. The average molecular weight is 515 g/mol. The van der Waals surface area contributed by atoms with E-state index in [4.69, 9.17) is 0 Å². The van der Waals surface area contributed by atoms with Gasteiger partial charge in [0.15, 0.2) is 0 Å². The topological polar surface area (TPSA) is 57.6 Å². The van der Waals surface area contributed by atoms with Crippen LogP contribution in [0.2, 0.25) is 0 Å². The van der Waals surface area contributed by atoms with E-state index in [1.807, 2.05) is 77.3 Å². The Hall–Kier alpha value is -3.42. The molecule has 0 bridgehead atoms. The molecule has 1 aliphatic rings. The van der Waals surface area contributed by atoms with Crippen LogP contribution in [0.5, 0.6) is 0 Å². The molecule has 4 aromatic rings. The Bertz CT molecular complexity index is 1370. The van der Waals surface area contributed by atoms with Crippen molar-refractivity contribution in [2.24, 2.45) is 7.05 Å². The third-order valence-electron chi connectivity index (χ3n) is 7.82. The molecule has 5 rings (SSSR count). The normalized spacial score (nSPS) is 16.2. The summed E-state index contributed by atoms with van der Waals surface area (Å²) in [5.41, 5.74) is 2.49. The SMILES string of the molecule is CN(C)C1(c2cccs2)CCN(C(=O)CC(NC(=O)c2ccc3ccn(C)c3c2)c2ccccc2)CC1. The number of aromatic nitrogens is 1. The highest BCUT2D eigenvalue weighted by Gasteiger charge is 2.40. The summed E-state index contributed by atoms with van der Waals surface area (Å²) < 4.78 is 2.00. The van der Waals surface area contributed by atoms with E-state index in [1.54, 1.807) is 11.3 Å². The molecule has 3 heterocycles. The summed E-state index contributed by atoms with van der Waals surface area (Å²) in [6.07, 6.45) is 4.01. The molecule has 2 aromatic carbocycles. The lowest BCUT2D eigenvalue weighted by molar-refractivity contribution is -0.134. The van der Waals surface area contributed by atoms with Crippen LogP contribution < -0.4 is 5.32 Å². The quantitative estimate of drug-likeness (QED) is 0.370. The first-order chi connectivity index (χ1) is 17.9. The molecule has 7 heteroatoms. The second-order valence-corrected chi connectivity index (χ2v) is 11.1. The highest BCUT2D eigenvalue weighted by molar-refractivity contribution is 7.10. The zero-order chi connectivity index (χ0) is 26.0. The second kappa shape index (κ2) is 10.5. The van der Waals surface area contributed by atoms with E-state index < -0.39 is 6.04 Å². The number of fused-ring (bicyclic) bond motifs is 1. The van der Waals surface area contributed by atoms with E-state index >= 15 is 0 Å². The van der Waals surface area contributed by atoms with E-state index in [-0.39, 0.29) is 23.8 Å². The van der Waals surface area contributed by atoms with Crippen LogP contribution in [-0.4, -0.2) is 53.4 Å². The number of hydrogen-bond acceptors (Lipinski definition) is 4. The van der Waals surface area contributed by atoms with Crippen LogP contribution in [0.15, 0.2) is 78.3 Å². The summed E-state index contributed by atoms with van der Waals surface area (Å²) >= 11 is 1.79. The summed E-state index contributed by atoms with van der Waals surface area (Å²) in [4.78, 5) is 32.4. The predicted molar refractivity (Wildman–Crippen MR) is 150 cm³/mol. The summed E-state index contributed by atoms with van der Waals surface area (Å²) in [6, 6.07) is 21.4. The van der Waals surface area contributed by atoms with Crippen molar-refractivity contribution in [3.8, 4) is 0 Å². The molecule has 1 N–H and O–H groups in total. The van der Waals surface area contributed by atoms with Crippen LogP contribution in [0.25, 0.3) is 10.9 Å². The lowest BCUT2D eigenvalue weighted by Crippen LogP contribution is -2.51. The van der Waals surface area contributed by atoms with Gasteiger partial charge in [0.25, 0.3) is 5.91 Å². The van der Waals surface area contributed by atoms with Gasteiger partial charge in [-0.1, -0.05) is 42.5 Å². The van der Waals surface area contributed by atoms with Crippen molar-refractivity contribution in [1.82, 2.24) is 19.7 Å². The number of rotatable bonds is 7. The molecule has 6 nitrogen and oxygen atoms in total. The standard InChI is InChI=1S/C30H34N4O2S/c1-32(2)30(27-10-7-19-37-27)14-17-34(18-15-30)28(35)21-25(22-8-5-4-6-9-22)31-29(36)24-12-11-23-13-16-33(3)26(23)20-24/h4-13,16,19-20,25H,14-15,17-18,21H2,1-3H3,(H,31,36). The minimum atomic E-state index is -0.400. The Balaban J connectivity index is 1.31. The number of nitrogens with one attached hydrogen (secondary N) is 1. The number of thiophene rings is 1. The summed E-state index contributed by atoms with van der Waals surface area (Å²) in [6.45, 7) is 1.41. The minimum absolute atomic E-state index is 0.0341. The lowest BCUT2D eigenvalue weighted by Gasteiger charge is -2.46. The Labute approximate surface area is 222 Å². The highest BCUT2D eigenvalue weighted by atomic mass is 32.1. The minimum Gasteiger partial charge on any atom is -0.351 e. The van der Waals surface area contributed by atoms with Gasteiger partial charge in [0.1, 0.15) is 0 Å². The molecule has 1 aliphatic heterocycles. The van der Waals surface area contributed by atoms with Crippen molar-refractivity contribution in [1.29, 1.82) is 0 Å². The van der Waals surface area contributed by atoms with E-state index in [1.165, 1.54) is 4.88 Å². The van der Waals surface area contributed by atoms with E-state index in [2.05, 4.69) is 41.8 Å². The van der Waals surface area contributed by atoms with Gasteiger partial charge in [-0.25, -0.2) is 0 Å². The Morgan fingerprint density at radius 1 is 1.03 bits per heavy atom. The molecular formula is C30H34N4O2S. The van der Waals surface area contributed by atoms with Gasteiger partial charge >= 0.3 is 0 Å². The summed E-state index contributed by atoms with van der Waals surface area (Å²) in [7, 11) is 6.23. The first-order valence-electron chi connectivity index (χ1n) is 12.8. The van der Waals surface area contributed by atoms with Gasteiger partial charge < -0.3 is 14.8 Å². The van der Waals surface area contributed by atoms with Crippen LogP contribution in [0.1, 0.15) is 46.1 Å². The molecule has 0 spiro atoms. The molecule has 0 aliphatic carbocycles. The largest absolute Gasteiger partial charge is 0.351 e. The van der Waals surface area contributed by atoms with Gasteiger partial charge in [-0.15, -0.1) is 11.3 Å². The molecular weight excluding hydrogens is 480 g/mol. The van der Waals surface area contributed by atoms with Gasteiger partial charge in [0.05, 0.1) is 18.0 Å². The van der Waals surface area contributed by atoms with Gasteiger partial charge in [-0.3, -0.25) is 14.5 Å². The number of nitrogens with zero attached hydrogens (tertiary/aromatic N) is 3. The van der Waals surface area contributed by atoms with Crippen LogP contribution >= 0.6 is 11.3 Å². The van der Waals surface area contributed by atoms with E-state index in [0.29, 0.717) is 18.7 Å². The highest BCUT2D eigenvalue weighted by Crippen LogP contribution is 2.40. The fourth-order valence-corrected chi connectivity index (χ4v) is 6.54. The van der Waals surface area contributed by atoms with Crippen LogP contribution in [0.3, 0.4) is 0 Å². The van der Waals surface area contributed by atoms with Crippen molar-refractivity contribution in [3.05, 3.63) is 94.3 Å². The van der Waals surface area contributed by atoms with Crippen LogP contribution in [0, 0.1) is 0 Å². The number of likely N-dealkylation sites (tertiary alicyclic amines) is 1. The van der Waals surface area contributed by atoms with Crippen molar-refractivity contribution >= 4 is 34.1 Å². The van der Waals surface area contributed by atoms with Crippen molar-refractivity contribution in [2.45, 2.75) is 30.8 Å². The lowest BCUT2D eigenvalue weighted by atomic mass is 9.84. The van der Waals surface area contributed by atoms with Gasteiger partial charge in [0.2, 0.25) is 5.91 Å². The Morgan fingerprint density at radius 3 is 2.46 bits per heavy atom. The molecule has 1 saturated heterocycles. The van der Waals surface area contributed by atoms with Gasteiger partial charge in [0, 0.05) is 42.3 Å². The average Bonchev–Trinajstić information content (AvgIpc) is 3.59. The number of benzene rings is 2. The fourth-order valence-electron chi connectivity index (χ4n) is 5.47. The number of hydrogen-bond donors (Lipinski definition) is 1. The van der Waals surface area contributed by atoms with Crippen molar-refractivity contribution in [3.63, 3.8) is 0 Å². The third kappa shape index (κ3) is 5.06. The molecule has 0 radical (unpaired) electrons. The number of amides is 2. The molecule has 2 amide bonds. The van der Waals surface area contributed by atoms with E-state index in [9.17, 15) is 9.59 Å². The molecule has 1 unspecified atom stereocenters. The monoisotopic (exact) mass is 514 g/mol. The summed E-state index contributed by atoms with van der Waals surface area (Å²) in [5, 5.41) is 6.37. The Morgan fingerprint density at radius 2 is 1.78 bits per heavy atom. The Kier molecular flexibility index (Phi) is 7.17. The molecule has 1 atom stereocenters. The van der Waals surface area contributed by atoms with Crippen LogP contribution in [0.4, 0.5) is 0 Å². The third-order valence-corrected chi connectivity index (χ3v) is 8.88. The number of carbonyl (C=O) groups is 2. The zero-order valence-electron chi connectivity index (χ0n) is 21.7. The predicted octanol–water partition coefficient (Wildman–Crippen LogP) is 5.18. The first-order valence-corrected chi connectivity index (χ1v) is 13.7.